The van der Waals surface area contributed by atoms with Crippen molar-refractivity contribution in [3.63, 3.8) is 0 Å². The van der Waals surface area contributed by atoms with Crippen molar-refractivity contribution in [2.45, 2.75) is 12.5 Å². The summed E-state index contributed by atoms with van der Waals surface area (Å²) >= 11 is 0. The first kappa shape index (κ1) is 10.8. The van der Waals surface area contributed by atoms with E-state index in [1.54, 1.807) is 0 Å². The summed E-state index contributed by atoms with van der Waals surface area (Å²) in [6.07, 6.45) is 0.490. The van der Waals surface area contributed by atoms with Crippen molar-refractivity contribution in [3.8, 4) is 0 Å². The van der Waals surface area contributed by atoms with E-state index in [-0.39, 0.29) is 12.3 Å². The van der Waals surface area contributed by atoms with Crippen molar-refractivity contribution >= 4 is 11.8 Å². The normalized spacial score (nSPS) is 24.6. The first-order valence-electron chi connectivity index (χ1n) is 5.21. The van der Waals surface area contributed by atoms with Crippen LogP contribution in [0.3, 0.4) is 0 Å². The first-order chi connectivity index (χ1) is 7.68. The molecule has 16 heavy (non-hydrogen) atoms. The molecule has 1 aromatic rings. The van der Waals surface area contributed by atoms with Gasteiger partial charge in [-0.2, -0.15) is 0 Å². The number of nitrogens with one attached hydrogen (secondary N) is 1. The van der Waals surface area contributed by atoms with Crippen LogP contribution in [0.5, 0.6) is 0 Å². The van der Waals surface area contributed by atoms with E-state index in [4.69, 9.17) is 5.11 Å². The van der Waals surface area contributed by atoms with Crippen LogP contribution in [0.15, 0.2) is 30.3 Å². The zero-order valence-corrected chi connectivity index (χ0v) is 8.72. The molecule has 1 aliphatic rings. The average Bonchev–Trinajstić information content (AvgIpc) is 2.62. The fourth-order valence-corrected chi connectivity index (χ4v) is 2.03. The minimum atomic E-state index is -0.952. The number of carboxylic acids is 1. The Balaban J connectivity index is 2.13. The second kappa shape index (κ2) is 4.45. The molecular formula is C12H13NO3. The lowest BCUT2D eigenvalue weighted by atomic mass is 9.92. The Morgan fingerprint density at radius 3 is 2.69 bits per heavy atom. The van der Waals surface area contributed by atoms with Crippen LogP contribution in [0.25, 0.3) is 0 Å². The van der Waals surface area contributed by atoms with Gasteiger partial charge in [-0.1, -0.05) is 30.3 Å². The monoisotopic (exact) mass is 219 g/mol. The lowest BCUT2D eigenvalue weighted by molar-refractivity contribution is -0.141. The largest absolute Gasteiger partial charge is 0.480 e. The van der Waals surface area contributed by atoms with E-state index in [2.05, 4.69) is 5.32 Å². The molecule has 1 fully saturated rings. The van der Waals surface area contributed by atoms with E-state index >= 15 is 0 Å². The number of rotatable bonds is 3. The molecule has 1 heterocycles. The van der Waals surface area contributed by atoms with Gasteiger partial charge < -0.3 is 5.11 Å². The molecule has 1 aliphatic heterocycles. The molecule has 2 rings (SSSR count). The Morgan fingerprint density at radius 1 is 1.38 bits per heavy atom. The Morgan fingerprint density at radius 2 is 2.06 bits per heavy atom. The van der Waals surface area contributed by atoms with Crippen LogP contribution in [0, 0.1) is 5.92 Å². The fourth-order valence-electron chi connectivity index (χ4n) is 2.03. The number of hydrogen-bond acceptors (Lipinski definition) is 3. The molecule has 84 valence electrons. The van der Waals surface area contributed by atoms with Crippen LogP contribution >= 0.6 is 0 Å². The Kier molecular flexibility index (Phi) is 3.01. The van der Waals surface area contributed by atoms with Crippen LogP contribution in [0.2, 0.25) is 0 Å². The number of carbonyl (C=O) groups excluding carboxylic acids is 1. The molecule has 0 aliphatic carbocycles. The van der Waals surface area contributed by atoms with Gasteiger partial charge in [-0.3, -0.25) is 14.9 Å². The van der Waals surface area contributed by atoms with Crippen molar-refractivity contribution in [3.05, 3.63) is 35.9 Å². The highest BCUT2D eigenvalue weighted by Crippen LogP contribution is 2.18. The quantitative estimate of drug-likeness (QED) is 0.775. The topological polar surface area (TPSA) is 66.4 Å². The van der Waals surface area contributed by atoms with Gasteiger partial charge >= 0.3 is 5.97 Å². The summed E-state index contributed by atoms with van der Waals surface area (Å²) in [5.41, 5.74) is 0.996. The smallest absolute Gasteiger partial charge is 0.321 e. The SMILES string of the molecule is O=C(O)[C@H]1NCC(=O)[C@@H]1Cc1ccccc1. The van der Waals surface area contributed by atoms with Crippen molar-refractivity contribution in [2.75, 3.05) is 6.54 Å². The molecule has 1 aromatic carbocycles. The zero-order valence-electron chi connectivity index (χ0n) is 8.72. The Hall–Kier alpha value is -1.68. The summed E-state index contributed by atoms with van der Waals surface area (Å²) in [6.45, 7) is 0.161. The highest BCUT2D eigenvalue weighted by molar-refractivity contribution is 5.93. The average molecular weight is 219 g/mol. The predicted molar refractivity (Wildman–Crippen MR) is 58.1 cm³/mol. The summed E-state index contributed by atoms with van der Waals surface area (Å²) in [4.78, 5) is 22.5. The van der Waals surface area contributed by atoms with Crippen LogP contribution in [0.1, 0.15) is 5.56 Å². The summed E-state index contributed by atoms with van der Waals surface area (Å²) < 4.78 is 0. The fraction of sp³-hybridized carbons (Fsp3) is 0.333. The molecule has 0 bridgehead atoms. The molecule has 4 heteroatoms. The van der Waals surface area contributed by atoms with E-state index in [1.165, 1.54) is 0 Å². The minimum absolute atomic E-state index is 0.0174. The number of benzene rings is 1. The Bertz CT molecular complexity index is 402. The molecule has 4 nitrogen and oxygen atoms in total. The maximum Gasteiger partial charge on any atom is 0.321 e. The molecule has 2 atom stereocenters. The van der Waals surface area contributed by atoms with Crippen LogP contribution in [0.4, 0.5) is 0 Å². The van der Waals surface area contributed by atoms with E-state index in [0.717, 1.165) is 5.56 Å². The van der Waals surface area contributed by atoms with Gasteiger partial charge in [-0.25, -0.2) is 0 Å². The molecule has 2 N–H and O–H groups in total. The summed E-state index contributed by atoms with van der Waals surface area (Å²) in [7, 11) is 0. The summed E-state index contributed by atoms with van der Waals surface area (Å²) in [6, 6.07) is 8.74. The summed E-state index contributed by atoms with van der Waals surface area (Å²) in [5.74, 6) is -1.41. The van der Waals surface area contributed by atoms with Gasteiger partial charge in [0.15, 0.2) is 5.78 Å². The lowest BCUT2D eigenvalue weighted by Gasteiger charge is -2.13. The van der Waals surface area contributed by atoms with Gasteiger partial charge in [0.1, 0.15) is 6.04 Å². The highest BCUT2D eigenvalue weighted by atomic mass is 16.4. The summed E-state index contributed by atoms with van der Waals surface area (Å²) in [5, 5.41) is 11.7. The second-order valence-electron chi connectivity index (χ2n) is 3.96. The third-order valence-electron chi connectivity index (χ3n) is 2.88. The molecule has 0 aromatic heterocycles. The van der Waals surface area contributed by atoms with Gasteiger partial charge in [-0.15, -0.1) is 0 Å². The van der Waals surface area contributed by atoms with E-state index in [9.17, 15) is 9.59 Å². The van der Waals surface area contributed by atoms with Gasteiger partial charge in [0.25, 0.3) is 0 Å². The number of hydrogen-bond donors (Lipinski definition) is 2. The molecular weight excluding hydrogens is 206 g/mol. The number of carboxylic acid groups (broad SMARTS) is 1. The number of carbonyl (C=O) groups is 2. The maximum absolute atomic E-state index is 11.6. The molecule has 0 saturated carbocycles. The van der Waals surface area contributed by atoms with E-state index < -0.39 is 17.9 Å². The maximum atomic E-state index is 11.6. The van der Waals surface area contributed by atoms with E-state index in [1.807, 2.05) is 30.3 Å². The third kappa shape index (κ3) is 2.12. The molecule has 0 radical (unpaired) electrons. The zero-order chi connectivity index (χ0) is 11.5. The van der Waals surface area contributed by atoms with Gasteiger partial charge in [0, 0.05) is 5.92 Å². The van der Waals surface area contributed by atoms with Crippen molar-refractivity contribution in [1.29, 1.82) is 0 Å². The Labute approximate surface area is 93.3 Å². The van der Waals surface area contributed by atoms with Gasteiger partial charge in [0.05, 0.1) is 6.54 Å². The molecule has 0 amide bonds. The standard InChI is InChI=1S/C12H13NO3/c14-10-7-13-11(12(15)16)9(10)6-8-4-2-1-3-5-8/h1-5,9,11,13H,6-7H2,(H,15,16)/t9-,11-/m0/s1. The first-order valence-corrected chi connectivity index (χ1v) is 5.21. The van der Waals surface area contributed by atoms with Crippen LogP contribution in [-0.4, -0.2) is 29.4 Å². The van der Waals surface area contributed by atoms with Gasteiger partial charge in [0.2, 0.25) is 0 Å². The van der Waals surface area contributed by atoms with Gasteiger partial charge in [-0.05, 0) is 12.0 Å². The number of Topliss-reactive ketones (excluding diaryl/α,β-unsaturated/α-hetero) is 1. The molecule has 0 unspecified atom stereocenters. The highest BCUT2D eigenvalue weighted by Gasteiger charge is 2.38. The number of ketones is 1. The predicted octanol–water partition coefficient (Wildman–Crippen LogP) is 0.471. The lowest BCUT2D eigenvalue weighted by Crippen LogP contribution is -2.36. The van der Waals surface area contributed by atoms with Crippen LogP contribution in [-0.2, 0) is 16.0 Å². The van der Waals surface area contributed by atoms with E-state index in [0.29, 0.717) is 6.42 Å². The number of aliphatic carboxylic acids is 1. The third-order valence-corrected chi connectivity index (χ3v) is 2.88. The molecule has 0 spiro atoms. The second-order valence-corrected chi connectivity index (χ2v) is 3.96. The van der Waals surface area contributed by atoms with Crippen molar-refractivity contribution in [1.82, 2.24) is 5.32 Å². The van der Waals surface area contributed by atoms with Crippen molar-refractivity contribution in [2.24, 2.45) is 5.92 Å². The molecule has 1 saturated heterocycles. The van der Waals surface area contributed by atoms with Crippen LogP contribution < -0.4 is 5.32 Å². The minimum Gasteiger partial charge on any atom is -0.480 e. The van der Waals surface area contributed by atoms with Crippen molar-refractivity contribution < 1.29 is 14.7 Å².